The molecule has 0 amide bonds. The van der Waals surface area contributed by atoms with E-state index >= 15 is 0 Å². The molecule has 174 valence electrons. The zero-order chi connectivity index (χ0) is 23.3. The van der Waals surface area contributed by atoms with E-state index in [1.807, 2.05) is 25.1 Å². The Morgan fingerprint density at radius 3 is 2.25 bits per heavy atom. The van der Waals surface area contributed by atoms with Crippen molar-refractivity contribution in [3.63, 3.8) is 0 Å². The van der Waals surface area contributed by atoms with Gasteiger partial charge in [-0.05, 0) is 82.0 Å². The molecule has 0 aliphatic heterocycles. The molecule has 0 spiro atoms. The van der Waals surface area contributed by atoms with E-state index in [2.05, 4.69) is 35.9 Å². The second-order valence-corrected chi connectivity index (χ2v) is 9.04. The molecule has 6 heteroatoms. The van der Waals surface area contributed by atoms with Gasteiger partial charge in [-0.15, -0.1) is 0 Å². The third-order valence-corrected chi connectivity index (χ3v) is 6.94. The second-order valence-electron chi connectivity index (χ2n) is 8.60. The van der Waals surface area contributed by atoms with Gasteiger partial charge in [0.15, 0.2) is 0 Å². The van der Waals surface area contributed by atoms with Crippen LogP contribution in [0.3, 0.4) is 0 Å². The average molecular weight is 459 g/mol. The van der Waals surface area contributed by atoms with Gasteiger partial charge in [0.05, 0.1) is 19.8 Å². The van der Waals surface area contributed by atoms with Crippen molar-refractivity contribution in [3.8, 4) is 5.75 Å². The van der Waals surface area contributed by atoms with Crippen LogP contribution in [0.5, 0.6) is 5.75 Å². The van der Waals surface area contributed by atoms with Crippen molar-refractivity contribution in [1.29, 1.82) is 0 Å². The Bertz CT molecular complexity index is 908. The Balaban J connectivity index is 1.66. The van der Waals surface area contributed by atoms with E-state index in [0.29, 0.717) is 22.7 Å². The van der Waals surface area contributed by atoms with Crippen molar-refractivity contribution in [2.75, 3.05) is 32.7 Å². The summed E-state index contributed by atoms with van der Waals surface area (Å²) in [5, 5.41) is 0.567. The minimum absolute atomic E-state index is 0.342. The molecule has 3 rings (SSSR count). The van der Waals surface area contributed by atoms with Crippen LogP contribution in [0, 0.1) is 6.92 Å². The van der Waals surface area contributed by atoms with Crippen molar-refractivity contribution >= 4 is 23.3 Å². The molecule has 0 unspecified atom stereocenters. The Morgan fingerprint density at radius 2 is 1.69 bits per heavy atom. The summed E-state index contributed by atoms with van der Waals surface area (Å²) in [4.78, 5) is 17.1. The van der Waals surface area contributed by atoms with Gasteiger partial charge in [0.1, 0.15) is 5.75 Å². The number of carbonyl (C=O) groups is 1. The summed E-state index contributed by atoms with van der Waals surface area (Å²) < 4.78 is 10.2. The van der Waals surface area contributed by atoms with Gasteiger partial charge < -0.3 is 14.4 Å². The molecule has 1 saturated carbocycles. The highest BCUT2D eigenvalue weighted by Crippen LogP contribution is 2.34. The lowest BCUT2D eigenvalue weighted by Crippen LogP contribution is -2.43. The highest BCUT2D eigenvalue weighted by molar-refractivity contribution is 6.31. The van der Waals surface area contributed by atoms with E-state index in [1.165, 1.54) is 12.7 Å². The first kappa shape index (κ1) is 24.4. The van der Waals surface area contributed by atoms with Crippen LogP contribution in [0.15, 0.2) is 36.4 Å². The molecule has 0 N–H and O–H groups in total. The maximum atomic E-state index is 12.2. The standard InChI is InChI=1S/C26H35ClN2O3/c1-6-29(25-16-20(27)15-24(18(25)2)26(30)32-5)22-11-9-21(10-12-22)28(3)17-19-7-13-23(31-4)14-8-19/h7-8,13-16,21-22H,6,9-12,17H2,1-5H3/t21-,22-. The lowest BCUT2D eigenvalue weighted by molar-refractivity contribution is 0.0600. The maximum absolute atomic E-state index is 12.2. The lowest BCUT2D eigenvalue weighted by atomic mass is 9.88. The van der Waals surface area contributed by atoms with Gasteiger partial charge in [-0.3, -0.25) is 4.90 Å². The highest BCUT2D eigenvalue weighted by Gasteiger charge is 2.29. The van der Waals surface area contributed by atoms with Crippen LogP contribution in [0.25, 0.3) is 0 Å². The molecule has 32 heavy (non-hydrogen) atoms. The summed E-state index contributed by atoms with van der Waals surface area (Å²) >= 11 is 6.37. The molecular formula is C26H35ClN2O3. The van der Waals surface area contributed by atoms with Crippen molar-refractivity contribution in [2.24, 2.45) is 0 Å². The first-order valence-corrected chi connectivity index (χ1v) is 11.7. The quantitative estimate of drug-likeness (QED) is 0.473. The third kappa shape index (κ3) is 5.57. The molecular weight excluding hydrogens is 424 g/mol. The Labute approximate surface area is 197 Å². The van der Waals surface area contributed by atoms with Gasteiger partial charge in [0.25, 0.3) is 0 Å². The molecule has 1 fully saturated rings. The molecule has 0 aromatic heterocycles. The molecule has 0 atom stereocenters. The van der Waals surface area contributed by atoms with Gasteiger partial charge in [-0.2, -0.15) is 0 Å². The van der Waals surface area contributed by atoms with Gasteiger partial charge in [0.2, 0.25) is 0 Å². The van der Waals surface area contributed by atoms with Crippen LogP contribution in [0.1, 0.15) is 54.1 Å². The van der Waals surface area contributed by atoms with Crippen molar-refractivity contribution in [1.82, 2.24) is 4.90 Å². The zero-order valence-corrected chi connectivity index (χ0v) is 20.6. The summed E-state index contributed by atoms with van der Waals surface area (Å²) in [6, 6.07) is 13.0. The minimum Gasteiger partial charge on any atom is -0.497 e. The van der Waals surface area contributed by atoms with E-state index in [0.717, 1.165) is 55.8 Å². The largest absolute Gasteiger partial charge is 0.497 e. The van der Waals surface area contributed by atoms with E-state index in [-0.39, 0.29) is 5.97 Å². The smallest absolute Gasteiger partial charge is 0.338 e. The lowest BCUT2D eigenvalue weighted by Gasteiger charge is -2.41. The number of esters is 1. The van der Waals surface area contributed by atoms with Crippen LogP contribution < -0.4 is 9.64 Å². The topological polar surface area (TPSA) is 42.0 Å². The Hall–Kier alpha value is -2.24. The number of nitrogens with zero attached hydrogens (tertiary/aromatic N) is 2. The van der Waals surface area contributed by atoms with Crippen molar-refractivity contribution in [2.45, 2.75) is 58.2 Å². The zero-order valence-electron chi connectivity index (χ0n) is 19.9. The molecule has 1 aliphatic carbocycles. The number of ether oxygens (including phenoxy) is 2. The first-order chi connectivity index (χ1) is 15.4. The van der Waals surface area contributed by atoms with Crippen LogP contribution in [0.2, 0.25) is 5.02 Å². The molecule has 2 aromatic carbocycles. The second kappa shape index (κ2) is 11.1. The van der Waals surface area contributed by atoms with E-state index in [9.17, 15) is 4.79 Å². The number of hydrogen-bond donors (Lipinski definition) is 0. The third-order valence-electron chi connectivity index (χ3n) is 6.72. The summed E-state index contributed by atoms with van der Waals surface area (Å²) in [6.45, 7) is 5.96. The number of methoxy groups -OCH3 is 2. The van der Waals surface area contributed by atoms with Crippen LogP contribution in [-0.4, -0.2) is 50.8 Å². The SMILES string of the molecule is CCN(c1cc(Cl)cc(C(=O)OC)c1C)[C@H]1CC[C@H](N(C)Cc2ccc(OC)cc2)CC1. The van der Waals surface area contributed by atoms with E-state index < -0.39 is 0 Å². The summed E-state index contributed by atoms with van der Waals surface area (Å²) in [6.07, 6.45) is 4.53. The van der Waals surface area contributed by atoms with Crippen LogP contribution >= 0.6 is 11.6 Å². The van der Waals surface area contributed by atoms with Gasteiger partial charge in [0, 0.05) is 35.9 Å². The molecule has 0 heterocycles. The van der Waals surface area contributed by atoms with Gasteiger partial charge in [-0.25, -0.2) is 4.79 Å². The first-order valence-electron chi connectivity index (χ1n) is 11.4. The summed E-state index contributed by atoms with van der Waals surface area (Å²) in [7, 11) is 5.32. The van der Waals surface area contributed by atoms with Gasteiger partial charge in [-0.1, -0.05) is 23.7 Å². The summed E-state index contributed by atoms with van der Waals surface area (Å²) in [5.74, 6) is 0.550. The Morgan fingerprint density at radius 1 is 1.06 bits per heavy atom. The number of benzene rings is 2. The number of hydrogen-bond acceptors (Lipinski definition) is 5. The van der Waals surface area contributed by atoms with E-state index in [4.69, 9.17) is 21.1 Å². The summed E-state index contributed by atoms with van der Waals surface area (Å²) in [5.41, 5.74) is 3.81. The van der Waals surface area contributed by atoms with E-state index in [1.54, 1.807) is 13.2 Å². The number of carbonyl (C=O) groups excluding carboxylic acids is 1. The number of rotatable bonds is 8. The normalized spacial score (nSPS) is 18.5. The highest BCUT2D eigenvalue weighted by atomic mass is 35.5. The predicted molar refractivity (Wildman–Crippen MR) is 131 cm³/mol. The molecule has 1 aliphatic rings. The van der Waals surface area contributed by atoms with Crippen molar-refractivity contribution < 1.29 is 14.3 Å². The Kier molecular flexibility index (Phi) is 8.44. The fourth-order valence-electron chi connectivity index (χ4n) is 4.87. The molecule has 0 saturated heterocycles. The van der Waals surface area contributed by atoms with Gasteiger partial charge >= 0.3 is 5.97 Å². The average Bonchev–Trinajstić information content (AvgIpc) is 2.81. The molecule has 2 aromatic rings. The number of anilines is 1. The fraction of sp³-hybridized carbons (Fsp3) is 0.500. The van der Waals surface area contributed by atoms with Crippen molar-refractivity contribution in [3.05, 3.63) is 58.1 Å². The van der Waals surface area contributed by atoms with Crippen LogP contribution in [-0.2, 0) is 11.3 Å². The minimum atomic E-state index is -0.342. The van der Waals surface area contributed by atoms with Crippen LogP contribution in [0.4, 0.5) is 5.69 Å². The molecule has 0 bridgehead atoms. The maximum Gasteiger partial charge on any atom is 0.338 e. The molecule has 0 radical (unpaired) electrons. The fourth-order valence-corrected chi connectivity index (χ4v) is 5.08. The molecule has 5 nitrogen and oxygen atoms in total. The number of halogens is 1. The predicted octanol–water partition coefficient (Wildman–Crippen LogP) is 5.71. The monoisotopic (exact) mass is 458 g/mol.